The van der Waals surface area contributed by atoms with Gasteiger partial charge in [-0.25, -0.2) is 0 Å². The van der Waals surface area contributed by atoms with Crippen LogP contribution in [0.15, 0.2) is 18.2 Å². The standard InChI is InChI=1S/C16H23NO2/c1-17-16(11-2-5-14(18)6-3-11)13-4-7-15-12(10-13)8-9-19-15/h4,7,10-11,14,16-18H,2-3,5-6,8-9H2,1H3. The third kappa shape index (κ3) is 2.63. The Morgan fingerprint density at radius 3 is 2.79 bits per heavy atom. The number of hydrogen-bond donors (Lipinski definition) is 2. The molecule has 3 rings (SSSR count). The second-order valence-corrected chi connectivity index (χ2v) is 5.80. The molecule has 0 bridgehead atoms. The van der Waals surface area contributed by atoms with E-state index in [4.69, 9.17) is 4.74 Å². The van der Waals surface area contributed by atoms with E-state index in [1.807, 2.05) is 7.05 Å². The van der Waals surface area contributed by atoms with Gasteiger partial charge in [0.05, 0.1) is 12.7 Å². The van der Waals surface area contributed by atoms with Gasteiger partial charge in [0.2, 0.25) is 0 Å². The van der Waals surface area contributed by atoms with Gasteiger partial charge in [-0.05, 0) is 55.8 Å². The van der Waals surface area contributed by atoms with Crippen LogP contribution in [-0.2, 0) is 6.42 Å². The van der Waals surface area contributed by atoms with Gasteiger partial charge in [0.15, 0.2) is 0 Å². The van der Waals surface area contributed by atoms with E-state index >= 15 is 0 Å². The summed E-state index contributed by atoms with van der Waals surface area (Å²) in [6, 6.07) is 7.00. The third-order valence-corrected chi connectivity index (χ3v) is 4.60. The molecule has 2 aliphatic rings. The summed E-state index contributed by atoms with van der Waals surface area (Å²) in [5.41, 5.74) is 2.71. The molecule has 3 heteroatoms. The van der Waals surface area contributed by atoms with E-state index < -0.39 is 0 Å². The summed E-state index contributed by atoms with van der Waals surface area (Å²) >= 11 is 0. The van der Waals surface area contributed by atoms with E-state index in [-0.39, 0.29) is 6.10 Å². The highest BCUT2D eigenvalue weighted by Crippen LogP contribution is 2.36. The first-order valence-electron chi connectivity index (χ1n) is 7.39. The Balaban J connectivity index is 1.78. The summed E-state index contributed by atoms with van der Waals surface area (Å²) in [6.45, 7) is 0.818. The van der Waals surface area contributed by atoms with Crippen LogP contribution in [0.25, 0.3) is 0 Å². The third-order valence-electron chi connectivity index (χ3n) is 4.60. The molecule has 0 radical (unpaired) electrons. The van der Waals surface area contributed by atoms with Gasteiger partial charge >= 0.3 is 0 Å². The van der Waals surface area contributed by atoms with E-state index in [2.05, 4.69) is 23.5 Å². The number of aliphatic hydroxyl groups is 1. The largest absolute Gasteiger partial charge is 0.493 e. The summed E-state index contributed by atoms with van der Waals surface area (Å²) in [5, 5.41) is 13.1. The van der Waals surface area contributed by atoms with Crippen molar-refractivity contribution in [3.8, 4) is 5.75 Å². The van der Waals surface area contributed by atoms with Gasteiger partial charge in [0.25, 0.3) is 0 Å². The second-order valence-electron chi connectivity index (χ2n) is 5.80. The number of aliphatic hydroxyl groups excluding tert-OH is 1. The zero-order chi connectivity index (χ0) is 13.2. The lowest BCUT2D eigenvalue weighted by atomic mass is 9.80. The van der Waals surface area contributed by atoms with Crippen LogP contribution in [0, 0.1) is 5.92 Å². The first kappa shape index (κ1) is 12.9. The number of hydrogen-bond acceptors (Lipinski definition) is 3. The van der Waals surface area contributed by atoms with Crippen LogP contribution in [0.5, 0.6) is 5.75 Å². The van der Waals surface area contributed by atoms with Crippen molar-refractivity contribution >= 4 is 0 Å². The molecule has 0 spiro atoms. The number of fused-ring (bicyclic) bond motifs is 1. The lowest BCUT2D eigenvalue weighted by Gasteiger charge is -2.32. The average molecular weight is 261 g/mol. The highest BCUT2D eigenvalue weighted by molar-refractivity contribution is 5.41. The fourth-order valence-corrected chi connectivity index (χ4v) is 3.51. The van der Waals surface area contributed by atoms with Crippen molar-refractivity contribution in [1.29, 1.82) is 0 Å². The van der Waals surface area contributed by atoms with Crippen LogP contribution in [0.2, 0.25) is 0 Å². The molecular formula is C16H23NO2. The molecule has 1 unspecified atom stereocenters. The Bertz CT molecular complexity index is 438. The molecule has 1 aliphatic heterocycles. The summed E-state index contributed by atoms with van der Waals surface area (Å²) in [4.78, 5) is 0. The summed E-state index contributed by atoms with van der Waals surface area (Å²) < 4.78 is 5.57. The van der Waals surface area contributed by atoms with Gasteiger partial charge in [-0.15, -0.1) is 0 Å². The van der Waals surface area contributed by atoms with Gasteiger partial charge in [0, 0.05) is 12.5 Å². The smallest absolute Gasteiger partial charge is 0.122 e. The second kappa shape index (κ2) is 5.51. The Morgan fingerprint density at radius 1 is 1.26 bits per heavy atom. The van der Waals surface area contributed by atoms with Gasteiger partial charge < -0.3 is 15.2 Å². The highest BCUT2D eigenvalue weighted by Gasteiger charge is 2.27. The van der Waals surface area contributed by atoms with Crippen molar-refractivity contribution in [3.63, 3.8) is 0 Å². The minimum atomic E-state index is -0.0813. The van der Waals surface area contributed by atoms with Crippen molar-refractivity contribution in [2.45, 2.75) is 44.2 Å². The topological polar surface area (TPSA) is 41.5 Å². The van der Waals surface area contributed by atoms with Crippen molar-refractivity contribution in [2.24, 2.45) is 5.92 Å². The molecule has 0 saturated heterocycles. The zero-order valence-corrected chi connectivity index (χ0v) is 11.6. The molecular weight excluding hydrogens is 238 g/mol. The number of benzene rings is 1. The summed E-state index contributed by atoms with van der Waals surface area (Å²) in [6.07, 6.45) is 5.05. The van der Waals surface area contributed by atoms with Crippen molar-refractivity contribution in [1.82, 2.24) is 5.32 Å². The molecule has 0 amide bonds. The van der Waals surface area contributed by atoms with Crippen LogP contribution >= 0.6 is 0 Å². The molecule has 1 aromatic carbocycles. The zero-order valence-electron chi connectivity index (χ0n) is 11.6. The van der Waals surface area contributed by atoms with Crippen LogP contribution in [0.4, 0.5) is 0 Å². The maximum atomic E-state index is 9.64. The van der Waals surface area contributed by atoms with Crippen LogP contribution < -0.4 is 10.1 Å². The minimum Gasteiger partial charge on any atom is -0.493 e. The molecule has 1 heterocycles. The minimum absolute atomic E-state index is 0.0813. The lowest BCUT2D eigenvalue weighted by Crippen LogP contribution is -2.30. The molecule has 2 N–H and O–H groups in total. The van der Waals surface area contributed by atoms with Gasteiger partial charge in [-0.3, -0.25) is 0 Å². The van der Waals surface area contributed by atoms with Gasteiger partial charge in [0.1, 0.15) is 5.75 Å². The quantitative estimate of drug-likeness (QED) is 0.878. The summed E-state index contributed by atoms with van der Waals surface area (Å²) in [5.74, 6) is 1.69. The molecule has 1 saturated carbocycles. The molecule has 3 nitrogen and oxygen atoms in total. The van der Waals surface area contributed by atoms with Crippen molar-refractivity contribution < 1.29 is 9.84 Å². The normalized spacial score (nSPS) is 27.7. The molecule has 1 aliphatic carbocycles. The number of ether oxygens (including phenoxy) is 1. The molecule has 104 valence electrons. The van der Waals surface area contributed by atoms with Gasteiger partial charge in [-0.2, -0.15) is 0 Å². The van der Waals surface area contributed by atoms with Crippen LogP contribution in [0.3, 0.4) is 0 Å². The van der Waals surface area contributed by atoms with Crippen LogP contribution in [0.1, 0.15) is 42.9 Å². The average Bonchev–Trinajstić information content (AvgIpc) is 2.89. The maximum absolute atomic E-state index is 9.64. The monoisotopic (exact) mass is 261 g/mol. The predicted octanol–water partition coefficient (Wildman–Crippen LogP) is 2.43. The van der Waals surface area contributed by atoms with E-state index in [0.717, 1.165) is 44.5 Å². The lowest BCUT2D eigenvalue weighted by molar-refractivity contribution is 0.0981. The number of rotatable bonds is 3. The van der Waals surface area contributed by atoms with Crippen molar-refractivity contribution in [3.05, 3.63) is 29.3 Å². The summed E-state index contributed by atoms with van der Waals surface area (Å²) in [7, 11) is 2.04. The SMILES string of the molecule is CNC(c1ccc2c(c1)CCO2)C1CCC(O)CC1. The fraction of sp³-hybridized carbons (Fsp3) is 0.625. The Morgan fingerprint density at radius 2 is 2.05 bits per heavy atom. The fourth-order valence-electron chi connectivity index (χ4n) is 3.51. The number of nitrogens with one attached hydrogen (secondary N) is 1. The van der Waals surface area contributed by atoms with Crippen LogP contribution in [-0.4, -0.2) is 24.9 Å². The first-order valence-corrected chi connectivity index (χ1v) is 7.39. The Labute approximate surface area is 115 Å². The molecule has 0 aromatic heterocycles. The predicted molar refractivity (Wildman–Crippen MR) is 75.4 cm³/mol. The molecule has 19 heavy (non-hydrogen) atoms. The highest BCUT2D eigenvalue weighted by atomic mass is 16.5. The van der Waals surface area contributed by atoms with E-state index in [9.17, 15) is 5.11 Å². The molecule has 1 aromatic rings. The molecule has 1 atom stereocenters. The van der Waals surface area contributed by atoms with Crippen molar-refractivity contribution in [2.75, 3.05) is 13.7 Å². The van der Waals surface area contributed by atoms with Gasteiger partial charge in [-0.1, -0.05) is 12.1 Å². The molecule has 1 fully saturated rings. The maximum Gasteiger partial charge on any atom is 0.122 e. The Hall–Kier alpha value is -1.06. The van der Waals surface area contributed by atoms with E-state index in [1.54, 1.807) is 0 Å². The first-order chi connectivity index (χ1) is 9.28. The van der Waals surface area contributed by atoms with E-state index in [0.29, 0.717) is 12.0 Å². The van der Waals surface area contributed by atoms with E-state index in [1.165, 1.54) is 11.1 Å². The Kier molecular flexibility index (Phi) is 3.76.